The van der Waals surface area contributed by atoms with Crippen LogP contribution in [0.3, 0.4) is 0 Å². The van der Waals surface area contributed by atoms with Gasteiger partial charge in [0.15, 0.2) is 0 Å². The van der Waals surface area contributed by atoms with Crippen molar-refractivity contribution in [2.75, 3.05) is 0 Å². The van der Waals surface area contributed by atoms with Crippen LogP contribution < -0.4 is 10.6 Å². The highest BCUT2D eigenvalue weighted by Crippen LogP contribution is 2.19. The van der Waals surface area contributed by atoms with Gasteiger partial charge in [0.1, 0.15) is 6.04 Å². The lowest BCUT2D eigenvalue weighted by molar-refractivity contribution is -0.134. The number of benzene rings is 1. The largest absolute Gasteiger partial charge is 0.340 e. The molecule has 2 N–H and O–H groups in total. The minimum Gasteiger partial charge on any atom is -0.340 e. The Labute approximate surface area is 113 Å². The van der Waals surface area contributed by atoms with E-state index in [2.05, 4.69) is 20.7 Å². The minimum atomic E-state index is -0.765. The summed E-state index contributed by atoms with van der Waals surface area (Å²) in [5, 5.41) is 8.09. The fourth-order valence-corrected chi connectivity index (χ4v) is 1.87. The van der Waals surface area contributed by atoms with Gasteiger partial charge in [-0.3, -0.25) is 19.7 Å². The van der Waals surface area contributed by atoms with Gasteiger partial charge in [-0.15, -0.1) is 0 Å². The lowest BCUT2D eigenvalue weighted by atomic mass is 10.1. The molecule has 0 spiro atoms. The van der Waals surface area contributed by atoms with Crippen LogP contribution in [0.4, 0.5) is 5.69 Å². The van der Waals surface area contributed by atoms with Crippen LogP contribution in [0.2, 0.25) is 0 Å². The molecule has 0 radical (unpaired) electrons. The van der Waals surface area contributed by atoms with Gasteiger partial charge in [0.25, 0.3) is 5.91 Å². The second-order valence-corrected chi connectivity index (χ2v) is 4.18. The zero-order chi connectivity index (χ0) is 14.5. The molecule has 0 bridgehead atoms. The van der Waals surface area contributed by atoms with Gasteiger partial charge in [-0.1, -0.05) is 23.3 Å². The first kappa shape index (κ1) is 13.6. The van der Waals surface area contributed by atoms with Crippen LogP contribution in [0, 0.1) is 0 Å². The minimum absolute atomic E-state index is 0.175. The Morgan fingerprint density at radius 2 is 2.15 bits per heavy atom. The summed E-state index contributed by atoms with van der Waals surface area (Å²) in [7, 11) is 0. The molecule has 2 rings (SSSR count). The molecule has 8 heteroatoms. The molecule has 0 aliphatic carbocycles. The topological polar surface area (TPSA) is 124 Å². The van der Waals surface area contributed by atoms with Gasteiger partial charge in [0.2, 0.25) is 11.8 Å². The maximum atomic E-state index is 12.1. The average Bonchev–Trinajstić information content (AvgIpc) is 2.43. The van der Waals surface area contributed by atoms with Crippen LogP contribution in [-0.4, -0.2) is 23.8 Å². The maximum absolute atomic E-state index is 12.1. The number of nitrogens with one attached hydrogen (secondary N) is 2. The summed E-state index contributed by atoms with van der Waals surface area (Å²) >= 11 is 0. The molecule has 1 heterocycles. The molecular formula is C12H11N5O3. The highest BCUT2D eigenvalue weighted by atomic mass is 16.2. The third-order valence-corrected chi connectivity index (χ3v) is 2.85. The quantitative estimate of drug-likeness (QED) is 0.371. The molecule has 3 amide bonds. The predicted octanol–water partition coefficient (Wildman–Crippen LogP) is 1.16. The van der Waals surface area contributed by atoms with Crippen LogP contribution in [0.25, 0.3) is 10.4 Å². The van der Waals surface area contributed by atoms with Gasteiger partial charge >= 0.3 is 0 Å². The first-order valence-corrected chi connectivity index (χ1v) is 5.90. The molecule has 1 atom stereocenters. The standard InChI is InChI=1S/C12H11N5O3/c13-17-16-8-4-2-1-3-7(8)11(19)14-9-5-6-10(18)15-12(9)20/h1-4,9H,5-6H2,(H,14,19)(H,15,18,20). The van der Waals surface area contributed by atoms with E-state index < -0.39 is 17.9 Å². The number of hydrogen-bond donors (Lipinski definition) is 2. The highest BCUT2D eigenvalue weighted by molar-refractivity contribution is 6.05. The maximum Gasteiger partial charge on any atom is 0.252 e. The molecule has 0 saturated carbocycles. The highest BCUT2D eigenvalue weighted by Gasteiger charge is 2.28. The summed E-state index contributed by atoms with van der Waals surface area (Å²) < 4.78 is 0. The Kier molecular flexibility index (Phi) is 3.97. The van der Waals surface area contributed by atoms with Crippen molar-refractivity contribution in [3.05, 3.63) is 40.3 Å². The molecule has 0 aromatic heterocycles. The summed E-state index contributed by atoms with van der Waals surface area (Å²) in [5.74, 6) is -1.41. The van der Waals surface area contributed by atoms with E-state index in [1.165, 1.54) is 12.1 Å². The van der Waals surface area contributed by atoms with Gasteiger partial charge in [0.05, 0.1) is 5.69 Å². The Balaban J connectivity index is 2.14. The van der Waals surface area contributed by atoms with E-state index in [1.807, 2.05) is 0 Å². The van der Waals surface area contributed by atoms with E-state index in [-0.39, 0.29) is 30.0 Å². The van der Waals surface area contributed by atoms with Crippen molar-refractivity contribution in [3.8, 4) is 0 Å². The Morgan fingerprint density at radius 3 is 2.85 bits per heavy atom. The van der Waals surface area contributed by atoms with Crippen molar-refractivity contribution >= 4 is 23.4 Å². The molecule has 1 aliphatic rings. The van der Waals surface area contributed by atoms with Crippen molar-refractivity contribution in [2.24, 2.45) is 5.11 Å². The monoisotopic (exact) mass is 273 g/mol. The van der Waals surface area contributed by atoms with E-state index in [4.69, 9.17) is 5.53 Å². The zero-order valence-electron chi connectivity index (χ0n) is 10.4. The van der Waals surface area contributed by atoms with Crippen LogP contribution in [0.1, 0.15) is 23.2 Å². The Morgan fingerprint density at radius 1 is 1.40 bits per heavy atom. The van der Waals surface area contributed by atoms with Crippen molar-refractivity contribution in [1.82, 2.24) is 10.6 Å². The van der Waals surface area contributed by atoms with Gasteiger partial charge < -0.3 is 5.32 Å². The molecule has 1 aliphatic heterocycles. The van der Waals surface area contributed by atoms with Gasteiger partial charge in [-0.2, -0.15) is 0 Å². The molecule has 1 fully saturated rings. The Bertz CT molecular complexity index is 621. The summed E-state index contributed by atoms with van der Waals surface area (Å²) in [6.45, 7) is 0. The summed E-state index contributed by atoms with van der Waals surface area (Å²) in [4.78, 5) is 37.3. The SMILES string of the molecule is [N-]=[N+]=Nc1ccccc1C(=O)NC1CCC(=O)NC1=O. The first-order valence-electron chi connectivity index (χ1n) is 5.90. The molecule has 1 saturated heterocycles. The number of amides is 3. The third kappa shape index (κ3) is 2.93. The normalized spacial score (nSPS) is 17.9. The molecule has 1 aromatic rings. The second-order valence-electron chi connectivity index (χ2n) is 4.18. The van der Waals surface area contributed by atoms with Crippen molar-refractivity contribution in [1.29, 1.82) is 0 Å². The molecule has 1 aromatic carbocycles. The number of azide groups is 1. The van der Waals surface area contributed by atoms with Gasteiger partial charge in [0, 0.05) is 16.9 Å². The molecule has 8 nitrogen and oxygen atoms in total. The van der Waals surface area contributed by atoms with E-state index in [0.717, 1.165) is 0 Å². The predicted molar refractivity (Wildman–Crippen MR) is 68.9 cm³/mol. The van der Waals surface area contributed by atoms with Crippen LogP contribution >= 0.6 is 0 Å². The number of carbonyl (C=O) groups is 3. The fraction of sp³-hybridized carbons (Fsp3) is 0.250. The number of rotatable bonds is 3. The first-order chi connectivity index (χ1) is 9.61. The molecular weight excluding hydrogens is 262 g/mol. The van der Waals surface area contributed by atoms with E-state index >= 15 is 0 Å². The Hall–Kier alpha value is -2.86. The summed E-state index contributed by atoms with van der Waals surface area (Å²) in [5.41, 5.74) is 8.80. The van der Waals surface area contributed by atoms with Gasteiger partial charge in [-0.05, 0) is 18.0 Å². The second kappa shape index (κ2) is 5.85. The van der Waals surface area contributed by atoms with E-state index in [1.54, 1.807) is 12.1 Å². The smallest absolute Gasteiger partial charge is 0.252 e. The fourth-order valence-electron chi connectivity index (χ4n) is 1.87. The summed E-state index contributed by atoms with van der Waals surface area (Å²) in [6.07, 6.45) is 0.425. The van der Waals surface area contributed by atoms with Crippen LogP contribution in [0.5, 0.6) is 0 Å². The van der Waals surface area contributed by atoms with Crippen molar-refractivity contribution < 1.29 is 14.4 Å². The van der Waals surface area contributed by atoms with Crippen molar-refractivity contribution in [3.63, 3.8) is 0 Å². The van der Waals surface area contributed by atoms with Crippen LogP contribution in [0.15, 0.2) is 29.4 Å². The molecule has 102 valence electrons. The third-order valence-electron chi connectivity index (χ3n) is 2.85. The van der Waals surface area contributed by atoms with Crippen LogP contribution in [-0.2, 0) is 9.59 Å². The number of piperidine rings is 1. The average molecular weight is 273 g/mol. The van der Waals surface area contributed by atoms with Gasteiger partial charge in [-0.25, -0.2) is 0 Å². The lowest BCUT2D eigenvalue weighted by Gasteiger charge is -2.22. The molecule has 20 heavy (non-hydrogen) atoms. The summed E-state index contributed by atoms with van der Waals surface area (Å²) in [6, 6.07) is 5.48. The number of imide groups is 1. The number of carbonyl (C=O) groups excluding carboxylic acids is 3. The zero-order valence-corrected chi connectivity index (χ0v) is 10.4. The van der Waals surface area contributed by atoms with E-state index in [0.29, 0.717) is 0 Å². The number of hydrogen-bond acceptors (Lipinski definition) is 4. The van der Waals surface area contributed by atoms with Crippen molar-refractivity contribution in [2.45, 2.75) is 18.9 Å². The lowest BCUT2D eigenvalue weighted by Crippen LogP contribution is -2.52. The molecule has 1 unspecified atom stereocenters. The number of nitrogens with zero attached hydrogens (tertiary/aromatic N) is 3. The van der Waals surface area contributed by atoms with E-state index in [9.17, 15) is 14.4 Å².